The molecule has 0 spiro atoms. The summed E-state index contributed by atoms with van der Waals surface area (Å²) in [5.74, 6) is 1.48. The molecule has 0 unspecified atom stereocenters. The second kappa shape index (κ2) is 8.04. The standard InChI is InChI=1S/C21H21N3O4/c1-14-9-19-20(27-8-7-26-19)11-17(14)18-10-16(23-24-18)12-22-21(25)28-13-15-5-3-2-4-6-15/h2-6,9-11H,7-8,12-13H2,1H3,(H,22,25)(H,23,24). The van der Waals surface area contributed by atoms with Crippen molar-refractivity contribution in [1.82, 2.24) is 15.5 Å². The number of nitrogens with one attached hydrogen (secondary N) is 2. The lowest BCUT2D eigenvalue weighted by Gasteiger charge is -2.19. The molecular formula is C21H21N3O4. The van der Waals surface area contributed by atoms with Gasteiger partial charge in [0.1, 0.15) is 19.8 Å². The Hall–Kier alpha value is -3.48. The van der Waals surface area contributed by atoms with Gasteiger partial charge in [-0.25, -0.2) is 4.79 Å². The maximum Gasteiger partial charge on any atom is 0.407 e. The highest BCUT2D eigenvalue weighted by Gasteiger charge is 2.16. The molecule has 3 aromatic rings. The molecule has 2 aromatic carbocycles. The molecule has 1 aromatic heterocycles. The van der Waals surface area contributed by atoms with Gasteiger partial charge >= 0.3 is 6.09 Å². The van der Waals surface area contributed by atoms with E-state index in [0.717, 1.165) is 39.6 Å². The maximum absolute atomic E-state index is 11.9. The van der Waals surface area contributed by atoms with Crippen molar-refractivity contribution < 1.29 is 19.0 Å². The van der Waals surface area contributed by atoms with Gasteiger partial charge in [-0.05, 0) is 36.2 Å². The number of rotatable bonds is 5. The number of benzene rings is 2. The van der Waals surface area contributed by atoms with Crippen LogP contribution in [0.1, 0.15) is 16.8 Å². The second-order valence-corrected chi connectivity index (χ2v) is 6.50. The molecule has 28 heavy (non-hydrogen) atoms. The summed E-state index contributed by atoms with van der Waals surface area (Å²) in [5.41, 5.74) is 4.50. The number of aryl methyl sites for hydroxylation is 1. The van der Waals surface area contributed by atoms with Gasteiger partial charge in [-0.2, -0.15) is 5.10 Å². The lowest BCUT2D eigenvalue weighted by molar-refractivity contribution is 0.139. The number of fused-ring (bicyclic) bond motifs is 1. The Labute approximate surface area is 162 Å². The van der Waals surface area contributed by atoms with Crippen molar-refractivity contribution >= 4 is 6.09 Å². The fourth-order valence-corrected chi connectivity index (χ4v) is 3.00. The van der Waals surface area contributed by atoms with Crippen molar-refractivity contribution in [3.05, 3.63) is 65.4 Å². The summed E-state index contributed by atoms with van der Waals surface area (Å²) in [5, 5.41) is 10.0. The third-order valence-electron chi connectivity index (χ3n) is 4.43. The predicted molar refractivity (Wildman–Crippen MR) is 103 cm³/mol. The molecule has 7 nitrogen and oxygen atoms in total. The van der Waals surface area contributed by atoms with Gasteiger partial charge in [-0.15, -0.1) is 0 Å². The number of aromatic amines is 1. The Bertz CT molecular complexity index is 969. The summed E-state index contributed by atoms with van der Waals surface area (Å²) in [4.78, 5) is 11.9. The molecular weight excluding hydrogens is 358 g/mol. The molecule has 1 aliphatic heterocycles. The average molecular weight is 379 g/mol. The third-order valence-corrected chi connectivity index (χ3v) is 4.43. The minimum atomic E-state index is -0.476. The first-order chi connectivity index (χ1) is 13.7. The number of alkyl carbamates (subject to hydrolysis) is 1. The quantitative estimate of drug-likeness (QED) is 0.708. The monoisotopic (exact) mass is 379 g/mol. The number of ether oxygens (including phenoxy) is 3. The number of hydrogen-bond acceptors (Lipinski definition) is 5. The van der Waals surface area contributed by atoms with E-state index in [0.29, 0.717) is 19.8 Å². The summed E-state index contributed by atoms with van der Waals surface area (Å²) in [6, 6.07) is 15.3. The molecule has 0 saturated heterocycles. The smallest absolute Gasteiger partial charge is 0.407 e. The minimum Gasteiger partial charge on any atom is -0.486 e. The first kappa shape index (κ1) is 17.9. The van der Waals surface area contributed by atoms with Crippen LogP contribution in [0, 0.1) is 6.92 Å². The lowest BCUT2D eigenvalue weighted by Crippen LogP contribution is -2.23. The number of nitrogens with zero attached hydrogens (tertiary/aromatic N) is 1. The first-order valence-corrected chi connectivity index (χ1v) is 9.08. The Morgan fingerprint density at radius 1 is 1.14 bits per heavy atom. The number of carbonyl (C=O) groups excluding carboxylic acids is 1. The van der Waals surface area contributed by atoms with Crippen molar-refractivity contribution in [2.75, 3.05) is 13.2 Å². The summed E-state index contributed by atoms with van der Waals surface area (Å²) in [7, 11) is 0. The normalized spacial score (nSPS) is 12.5. The Kier molecular flexibility index (Phi) is 5.14. The zero-order valence-corrected chi connectivity index (χ0v) is 15.5. The van der Waals surface area contributed by atoms with Crippen molar-refractivity contribution in [3.63, 3.8) is 0 Å². The number of H-pyrrole nitrogens is 1. The zero-order valence-electron chi connectivity index (χ0n) is 15.5. The fraction of sp³-hybridized carbons (Fsp3) is 0.238. The van der Waals surface area contributed by atoms with Gasteiger partial charge < -0.3 is 19.5 Å². The van der Waals surface area contributed by atoms with Gasteiger partial charge in [-0.3, -0.25) is 5.10 Å². The van der Waals surface area contributed by atoms with Crippen LogP contribution in [0.15, 0.2) is 48.5 Å². The van der Waals surface area contributed by atoms with E-state index in [2.05, 4.69) is 15.5 Å². The van der Waals surface area contributed by atoms with E-state index in [4.69, 9.17) is 14.2 Å². The second-order valence-electron chi connectivity index (χ2n) is 6.50. The number of amides is 1. The Balaban J connectivity index is 1.36. The number of hydrogen-bond donors (Lipinski definition) is 2. The van der Waals surface area contributed by atoms with E-state index in [1.54, 1.807) is 0 Å². The van der Waals surface area contributed by atoms with Crippen LogP contribution < -0.4 is 14.8 Å². The first-order valence-electron chi connectivity index (χ1n) is 9.08. The summed E-state index contributed by atoms with van der Waals surface area (Å²) in [6.07, 6.45) is -0.476. The van der Waals surface area contributed by atoms with Gasteiger partial charge in [0, 0.05) is 5.56 Å². The topological polar surface area (TPSA) is 85.5 Å². The summed E-state index contributed by atoms with van der Waals surface area (Å²) < 4.78 is 16.5. The van der Waals surface area contributed by atoms with Gasteiger partial charge in [0.2, 0.25) is 0 Å². The van der Waals surface area contributed by atoms with E-state index in [1.165, 1.54) is 0 Å². The third kappa shape index (κ3) is 4.09. The van der Waals surface area contributed by atoms with Gasteiger partial charge in [0.25, 0.3) is 0 Å². The van der Waals surface area contributed by atoms with Crippen molar-refractivity contribution in [2.24, 2.45) is 0 Å². The largest absolute Gasteiger partial charge is 0.486 e. The molecule has 144 valence electrons. The van der Waals surface area contributed by atoms with E-state index >= 15 is 0 Å². The van der Waals surface area contributed by atoms with Crippen LogP contribution in [0.5, 0.6) is 11.5 Å². The van der Waals surface area contributed by atoms with Crippen LogP contribution in [-0.2, 0) is 17.9 Å². The van der Waals surface area contributed by atoms with Crippen molar-refractivity contribution in [1.29, 1.82) is 0 Å². The highest BCUT2D eigenvalue weighted by atomic mass is 16.6. The van der Waals surface area contributed by atoms with Gasteiger partial charge in [0.15, 0.2) is 11.5 Å². The summed E-state index contributed by atoms with van der Waals surface area (Å²) >= 11 is 0. The van der Waals surface area contributed by atoms with Crippen molar-refractivity contribution in [3.8, 4) is 22.8 Å². The van der Waals surface area contributed by atoms with Gasteiger partial charge in [-0.1, -0.05) is 30.3 Å². The molecule has 0 aliphatic carbocycles. The highest BCUT2D eigenvalue weighted by Crippen LogP contribution is 2.36. The molecule has 1 amide bonds. The molecule has 7 heteroatoms. The molecule has 4 rings (SSSR count). The molecule has 0 radical (unpaired) electrons. The van der Waals surface area contributed by atoms with Crippen LogP contribution in [0.25, 0.3) is 11.3 Å². The maximum atomic E-state index is 11.9. The predicted octanol–water partition coefficient (Wildman–Crippen LogP) is 3.58. The van der Waals surface area contributed by atoms with E-state index in [9.17, 15) is 4.79 Å². The molecule has 0 saturated carbocycles. The van der Waals surface area contributed by atoms with Crippen LogP contribution in [0.4, 0.5) is 4.79 Å². The Morgan fingerprint density at radius 2 is 1.89 bits per heavy atom. The summed E-state index contributed by atoms with van der Waals surface area (Å²) in [6.45, 7) is 3.63. The molecule has 2 heterocycles. The van der Waals surface area contributed by atoms with Crippen LogP contribution in [-0.4, -0.2) is 29.5 Å². The molecule has 0 bridgehead atoms. The van der Waals surface area contributed by atoms with E-state index < -0.39 is 6.09 Å². The SMILES string of the molecule is Cc1cc2c(cc1-c1cc(CNC(=O)OCc3ccccc3)[nH]n1)OCCO2. The van der Waals surface area contributed by atoms with Crippen LogP contribution >= 0.6 is 0 Å². The minimum absolute atomic E-state index is 0.233. The fourth-order valence-electron chi connectivity index (χ4n) is 3.00. The average Bonchev–Trinajstić information content (AvgIpc) is 3.20. The van der Waals surface area contributed by atoms with Crippen molar-refractivity contribution in [2.45, 2.75) is 20.1 Å². The van der Waals surface area contributed by atoms with Crippen LogP contribution in [0.2, 0.25) is 0 Å². The number of aromatic nitrogens is 2. The molecule has 0 atom stereocenters. The molecule has 0 fully saturated rings. The molecule has 2 N–H and O–H groups in total. The van der Waals surface area contributed by atoms with E-state index in [1.807, 2.05) is 55.5 Å². The molecule has 1 aliphatic rings. The van der Waals surface area contributed by atoms with Gasteiger partial charge in [0.05, 0.1) is 17.9 Å². The van der Waals surface area contributed by atoms with Crippen LogP contribution in [0.3, 0.4) is 0 Å². The number of carbonyl (C=O) groups is 1. The highest BCUT2D eigenvalue weighted by molar-refractivity contribution is 5.69. The zero-order chi connectivity index (χ0) is 19.3. The van der Waals surface area contributed by atoms with E-state index in [-0.39, 0.29) is 6.61 Å². The Morgan fingerprint density at radius 3 is 2.68 bits per heavy atom. The lowest BCUT2D eigenvalue weighted by atomic mass is 10.0.